The Morgan fingerprint density at radius 1 is 1.24 bits per heavy atom. The summed E-state index contributed by atoms with van der Waals surface area (Å²) in [5, 5.41) is 6.52. The minimum Gasteiger partial charge on any atom is -0.364 e. The molecule has 2 aliphatic rings. The van der Waals surface area contributed by atoms with Gasteiger partial charge in [0, 0.05) is 51.9 Å². The zero-order valence-corrected chi connectivity index (χ0v) is 15.0. The van der Waals surface area contributed by atoms with E-state index in [0.717, 1.165) is 5.69 Å². The standard InChI is InChI=1S/C14H19F3N4O2.2ClH/c15-14(16,17)12-8-18-7-11(12)13(22)21-4-2-20(3-5-21)9-10-1-6-23-19-10;;/h1,6,11-12,18H,2-5,7-9H2;2*1H/t11-,12-;;/m1../s1. The van der Waals surface area contributed by atoms with Crippen molar-refractivity contribution in [2.75, 3.05) is 39.3 Å². The Hall–Kier alpha value is -1.03. The number of piperazine rings is 1. The highest BCUT2D eigenvalue weighted by atomic mass is 35.5. The fourth-order valence-corrected chi connectivity index (χ4v) is 3.19. The molecular formula is C14H21Cl2F3N4O2. The number of rotatable bonds is 3. The molecule has 0 aliphatic carbocycles. The van der Waals surface area contributed by atoms with Gasteiger partial charge in [0.15, 0.2) is 0 Å². The van der Waals surface area contributed by atoms with E-state index >= 15 is 0 Å². The number of alkyl halides is 3. The molecule has 0 unspecified atom stereocenters. The summed E-state index contributed by atoms with van der Waals surface area (Å²) in [6.45, 7) is 2.67. The minimum absolute atomic E-state index is 0. The molecule has 0 saturated carbocycles. The Labute approximate surface area is 155 Å². The van der Waals surface area contributed by atoms with Crippen LogP contribution >= 0.6 is 24.8 Å². The summed E-state index contributed by atoms with van der Waals surface area (Å²) in [6.07, 6.45) is -2.84. The molecule has 1 aromatic rings. The van der Waals surface area contributed by atoms with Crippen molar-refractivity contribution >= 4 is 30.7 Å². The lowest BCUT2D eigenvalue weighted by Gasteiger charge is -2.36. The molecule has 3 rings (SSSR count). The third kappa shape index (κ3) is 5.22. The second-order valence-corrected chi connectivity index (χ2v) is 6.01. The van der Waals surface area contributed by atoms with Crippen molar-refractivity contribution in [1.29, 1.82) is 0 Å². The first-order valence-electron chi connectivity index (χ1n) is 7.63. The molecule has 2 aliphatic heterocycles. The number of halogens is 5. The Kier molecular flexibility index (Phi) is 7.98. The van der Waals surface area contributed by atoms with Crippen molar-refractivity contribution in [1.82, 2.24) is 20.3 Å². The van der Waals surface area contributed by atoms with Crippen LogP contribution in [0.4, 0.5) is 13.2 Å². The van der Waals surface area contributed by atoms with Gasteiger partial charge in [-0.05, 0) is 0 Å². The van der Waals surface area contributed by atoms with E-state index < -0.39 is 23.9 Å². The number of hydrogen-bond donors (Lipinski definition) is 1. The lowest BCUT2D eigenvalue weighted by atomic mass is 9.93. The highest BCUT2D eigenvalue weighted by Gasteiger charge is 2.50. The number of carbonyl (C=O) groups is 1. The van der Waals surface area contributed by atoms with E-state index in [1.54, 1.807) is 11.0 Å². The maximum Gasteiger partial charge on any atom is 0.393 e. The van der Waals surface area contributed by atoms with Crippen LogP contribution in [0.15, 0.2) is 16.9 Å². The van der Waals surface area contributed by atoms with Crippen molar-refractivity contribution in [2.24, 2.45) is 11.8 Å². The van der Waals surface area contributed by atoms with E-state index in [1.165, 1.54) is 6.26 Å². The summed E-state index contributed by atoms with van der Waals surface area (Å²) in [6, 6.07) is 1.77. The van der Waals surface area contributed by atoms with Crippen LogP contribution in [-0.2, 0) is 11.3 Å². The first kappa shape index (κ1) is 22.0. The quantitative estimate of drug-likeness (QED) is 0.828. The van der Waals surface area contributed by atoms with Crippen LogP contribution in [-0.4, -0.2) is 66.3 Å². The SMILES string of the molecule is Cl.Cl.O=C([C@@H]1CNC[C@H]1C(F)(F)F)N1CCN(Cc2ccon2)CC1. The second-order valence-electron chi connectivity index (χ2n) is 6.01. The summed E-state index contributed by atoms with van der Waals surface area (Å²) in [5.74, 6) is -2.97. The maximum atomic E-state index is 13.0. The Morgan fingerprint density at radius 3 is 2.48 bits per heavy atom. The average molecular weight is 405 g/mol. The predicted molar refractivity (Wildman–Crippen MR) is 88.8 cm³/mol. The Morgan fingerprint density at radius 2 is 1.92 bits per heavy atom. The van der Waals surface area contributed by atoms with Crippen molar-refractivity contribution in [3.8, 4) is 0 Å². The number of amides is 1. The van der Waals surface area contributed by atoms with Gasteiger partial charge in [0.25, 0.3) is 0 Å². The number of nitrogens with zero attached hydrogens (tertiary/aromatic N) is 3. The fraction of sp³-hybridized carbons (Fsp3) is 0.714. The molecule has 0 radical (unpaired) electrons. The third-order valence-electron chi connectivity index (χ3n) is 4.51. The third-order valence-corrected chi connectivity index (χ3v) is 4.51. The zero-order valence-electron chi connectivity index (χ0n) is 13.4. The molecule has 1 N–H and O–H groups in total. The molecule has 0 spiro atoms. The molecule has 2 atom stereocenters. The van der Waals surface area contributed by atoms with Gasteiger partial charge in [-0.25, -0.2) is 0 Å². The number of hydrogen-bond acceptors (Lipinski definition) is 5. The first-order valence-corrected chi connectivity index (χ1v) is 7.63. The monoisotopic (exact) mass is 404 g/mol. The van der Waals surface area contributed by atoms with Crippen LogP contribution in [0.3, 0.4) is 0 Å². The Balaban J connectivity index is 0.00000156. The van der Waals surface area contributed by atoms with Gasteiger partial charge in [-0.3, -0.25) is 9.69 Å². The van der Waals surface area contributed by atoms with Crippen LogP contribution in [0.1, 0.15) is 5.69 Å². The second kappa shape index (κ2) is 9.07. The summed E-state index contributed by atoms with van der Waals surface area (Å²) in [7, 11) is 0. The van der Waals surface area contributed by atoms with Crippen LogP contribution < -0.4 is 5.32 Å². The van der Waals surface area contributed by atoms with Gasteiger partial charge in [0.1, 0.15) is 6.26 Å². The van der Waals surface area contributed by atoms with Crippen LogP contribution in [0.2, 0.25) is 0 Å². The number of aromatic nitrogens is 1. The lowest BCUT2D eigenvalue weighted by Crippen LogP contribution is -2.51. The van der Waals surface area contributed by atoms with E-state index in [9.17, 15) is 18.0 Å². The lowest BCUT2D eigenvalue weighted by molar-refractivity contribution is -0.185. The van der Waals surface area contributed by atoms with E-state index in [-0.39, 0.29) is 37.9 Å². The van der Waals surface area contributed by atoms with E-state index in [1.807, 2.05) is 0 Å². The topological polar surface area (TPSA) is 61.6 Å². The fourth-order valence-electron chi connectivity index (χ4n) is 3.19. The maximum absolute atomic E-state index is 13.0. The molecule has 11 heteroatoms. The van der Waals surface area contributed by atoms with Gasteiger partial charge in [-0.2, -0.15) is 13.2 Å². The van der Waals surface area contributed by atoms with Crippen molar-refractivity contribution in [2.45, 2.75) is 12.7 Å². The van der Waals surface area contributed by atoms with Gasteiger partial charge < -0.3 is 14.7 Å². The predicted octanol–water partition coefficient (Wildman–Crippen LogP) is 1.56. The molecule has 2 fully saturated rings. The summed E-state index contributed by atoms with van der Waals surface area (Å²) >= 11 is 0. The largest absolute Gasteiger partial charge is 0.393 e. The highest BCUT2D eigenvalue weighted by molar-refractivity contribution is 5.85. The molecule has 3 heterocycles. The molecule has 0 bridgehead atoms. The first-order chi connectivity index (χ1) is 10.9. The van der Waals surface area contributed by atoms with Gasteiger partial charge in [0.2, 0.25) is 5.91 Å². The van der Waals surface area contributed by atoms with Crippen LogP contribution in [0, 0.1) is 11.8 Å². The van der Waals surface area contributed by atoms with Gasteiger partial charge in [-0.15, -0.1) is 24.8 Å². The molecule has 25 heavy (non-hydrogen) atoms. The normalized spacial score (nSPS) is 24.5. The van der Waals surface area contributed by atoms with Gasteiger partial charge in [0.05, 0.1) is 17.5 Å². The zero-order chi connectivity index (χ0) is 16.4. The number of nitrogens with one attached hydrogen (secondary N) is 1. The van der Waals surface area contributed by atoms with Crippen molar-refractivity contribution in [3.05, 3.63) is 18.0 Å². The number of carbonyl (C=O) groups excluding carboxylic acids is 1. The molecule has 6 nitrogen and oxygen atoms in total. The van der Waals surface area contributed by atoms with Crippen molar-refractivity contribution < 1.29 is 22.5 Å². The van der Waals surface area contributed by atoms with Crippen LogP contribution in [0.5, 0.6) is 0 Å². The summed E-state index contributed by atoms with van der Waals surface area (Å²) in [5.41, 5.74) is 0.807. The van der Waals surface area contributed by atoms with Gasteiger partial charge >= 0.3 is 6.18 Å². The van der Waals surface area contributed by atoms with E-state index in [2.05, 4.69) is 15.4 Å². The van der Waals surface area contributed by atoms with E-state index in [4.69, 9.17) is 4.52 Å². The molecule has 144 valence electrons. The average Bonchev–Trinajstić information content (AvgIpc) is 3.18. The summed E-state index contributed by atoms with van der Waals surface area (Å²) in [4.78, 5) is 16.1. The molecule has 0 aromatic carbocycles. The van der Waals surface area contributed by atoms with Crippen molar-refractivity contribution in [3.63, 3.8) is 0 Å². The Bertz CT molecular complexity index is 537. The van der Waals surface area contributed by atoms with Gasteiger partial charge in [-0.1, -0.05) is 5.16 Å². The molecule has 1 aromatic heterocycles. The highest BCUT2D eigenvalue weighted by Crippen LogP contribution is 2.35. The molecular weight excluding hydrogens is 384 g/mol. The van der Waals surface area contributed by atoms with E-state index in [0.29, 0.717) is 32.7 Å². The molecule has 1 amide bonds. The smallest absolute Gasteiger partial charge is 0.364 e. The van der Waals surface area contributed by atoms with Crippen LogP contribution in [0.25, 0.3) is 0 Å². The summed E-state index contributed by atoms with van der Waals surface area (Å²) < 4.78 is 43.7. The minimum atomic E-state index is -4.33. The molecule has 2 saturated heterocycles.